The highest BCUT2D eigenvalue weighted by atomic mass is 19.3. The number of carbonyl (C=O) groups is 1. The van der Waals surface area contributed by atoms with Gasteiger partial charge in [0.25, 0.3) is 0 Å². The minimum atomic E-state index is -2.83. The van der Waals surface area contributed by atoms with Crippen LogP contribution in [0.15, 0.2) is 24.3 Å². The molecule has 0 bridgehead atoms. The third-order valence-corrected chi connectivity index (χ3v) is 4.39. The maximum absolute atomic E-state index is 12.2. The zero-order valence-electron chi connectivity index (χ0n) is 16.9. The van der Waals surface area contributed by atoms with Gasteiger partial charge in [-0.15, -0.1) is 0 Å². The second-order valence-corrected chi connectivity index (χ2v) is 7.65. The molecular weight excluding hydrogens is 368 g/mol. The number of ether oxygens (including phenoxy) is 2. The molecule has 0 saturated carbocycles. The number of morpholine rings is 1. The van der Waals surface area contributed by atoms with Crippen molar-refractivity contribution in [2.24, 2.45) is 5.92 Å². The van der Waals surface area contributed by atoms with Crippen molar-refractivity contribution in [2.45, 2.75) is 33.1 Å². The summed E-state index contributed by atoms with van der Waals surface area (Å²) in [6.45, 7) is 6.35. The number of alkyl halides is 2. The highest BCUT2D eigenvalue weighted by molar-refractivity contribution is 5.78. The molecule has 0 radical (unpaired) electrons. The van der Waals surface area contributed by atoms with Crippen LogP contribution >= 0.6 is 0 Å². The summed E-state index contributed by atoms with van der Waals surface area (Å²) in [6, 6.07) is 6.42. The van der Waals surface area contributed by atoms with Crippen molar-refractivity contribution >= 4 is 5.91 Å². The lowest BCUT2D eigenvalue weighted by atomic mass is 10.2. The lowest BCUT2D eigenvalue weighted by molar-refractivity contribution is -0.123. The van der Waals surface area contributed by atoms with E-state index in [0.29, 0.717) is 25.6 Å². The zero-order chi connectivity index (χ0) is 20.5. The predicted octanol–water partition coefficient (Wildman–Crippen LogP) is 2.19. The van der Waals surface area contributed by atoms with Crippen LogP contribution in [0.1, 0.15) is 19.4 Å². The van der Waals surface area contributed by atoms with E-state index in [9.17, 15) is 13.6 Å². The molecule has 1 aromatic carbocycles. The Labute approximate surface area is 165 Å². The first kappa shape index (κ1) is 22.5. The number of carbonyl (C=O) groups excluding carboxylic acids is 1. The van der Waals surface area contributed by atoms with E-state index in [2.05, 4.69) is 28.8 Å². The summed E-state index contributed by atoms with van der Waals surface area (Å²) in [4.78, 5) is 16.4. The van der Waals surface area contributed by atoms with E-state index in [1.54, 1.807) is 12.1 Å². The summed E-state index contributed by atoms with van der Waals surface area (Å²) in [5, 5.41) is 2.94. The van der Waals surface area contributed by atoms with Crippen molar-refractivity contribution < 1.29 is 23.0 Å². The Morgan fingerprint density at radius 1 is 1.36 bits per heavy atom. The highest BCUT2D eigenvalue weighted by Gasteiger charge is 2.21. The molecule has 28 heavy (non-hydrogen) atoms. The fraction of sp³-hybridized carbons (Fsp3) is 0.650. The smallest absolute Gasteiger partial charge is 0.387 e. The Bertz CT molecular complexity index is 599. The Balaban J connectivity index is 1.69. The van der Waals surface area contributed by atoms with Crippen LogP contribution in [0.5, 0.6) is 5.75 Å². The van der Waals surface area contributed by atoms with Crippen molar-refractivity contribution in [3.8, 4) is 5.75 Å². The molecule has 1 aliphatic rings. The van der Waals surface area contributed by atoms with Crippen molar-refractivity contribution in [2.75, 3.05) is 46.4 Å². The van der Waals surface area contributed by atoms with Gasteiger partial charge >= 0.3 is 6.61 Å². The first-order chi connectivity index (χ1) is 13.3. The Kier molecular flexibility index (Phi) is 9.08. The molecule has 1 unspecified atom stereocenters. The molecule has 6 nitrogen and oxygen atoms in total. The number of nitrogens with zero attached hydrogens (tertiary/aromatic N) is 2. The van der Waals surface area contributed by atoms with Gasteiger partial charge in [-0.05, 0) is 30.7 Å². The summed E-state index contributed by atoms with van der Waals surface area (Å²) >= 11 is 0. The second kappa shape index (κ2) is 11.3. The Morgan fingerprint density at radius 2 is 2.07 bits per heavy atom. The van der Waals surface area contributed by atoms with E-state index in [-0.39, 0.29) is 24.3 Å². The molecule has 0 aromatic heterocycles. The van der Waals surface area contributed by atoms with E-state index in [4.69, 9.17) is 4.74 Å². The minimum absolute atomic E-state index is 0.0177. The average Bonchev–Trinajstić information content (AvgIpc) is 2.61. The number of nitrogens with one attached hydrogen (secondary N) is 1. The molecule has 2 rings (SSSR count). The predicted molar refractivity (Wildman–Crippen MR) is 103 cm³/mol. The van der Waals surface area contributed by atoms with Crippen LogP contribution in [0.3, 0.4) is 0 Å². The van der Waals surface area contributed by atoms with Crippen molar-refractivity contribution in [3.63, 3.8) is 0 Å². The standard InChI is InChI=1S/C20H31F2N3O3/c1-15(2)11-25-8-9-27-18(13-25)10-23-19(26)14-24(3)12-16-4-6-17(7-5-16)28-20(21)22/h4-7,15,18,20H,8-14H2,1-3H3,(H,23,26). The van der Waals surface area contributed by atoms with Crippen LogP contribution in [-0.4, -0.2) is 74.8 Å². The van der Waals surface area contributed by atoms with Gasteiger partial charge in [-0.25, -0.2) is 0 Å². The SMILES string of the molecule is CC(C)CN1CCOC(CNC(=O)CN(C)Cc2ccc(OC(F)F)cc2)C1. The molecule has 1 amide bonds. The van der Waals surface area contributed by atoms with Gasteiger partial charge in [0.05, 0.1) is 19.3 Å². The van der Waals surface area contributed by atoms with Crippen molar-refractivity contribution in [1.29, 1.82) is 0 Å². The van der Waals surface area contributed by atoms with Gasteiger partial charge in [0.2, 0.25) is 5.91 Å². The molecule has 0 aliphatic carbocycles. The summed E-state index contributed by atoms with van der Waals surface area (Å²) in [5.74, 6) is 0.667. The van der Waals surface area contributed by atoms with Gasteiger partial charge in [-0.1, -0.05) is 26.0 Å². The number of likely N-dealkylation sites (N-methyl/N-ethyl adjacent to an activating group) is 1. The maximum Gasteiger partial charge on any atom is 0.387 e. The molecule has 0 spiro atoms. The lowest BCUT2D eigenvalue weighted by Crippen LogP contribution is -2.49. The van der Waals surface area contributed by atoms with Crippen LogP contribution in [0.25, 0.3) is 0 Å². The van der Waals surface area contributed by atoms with Gasteiger partial charge < -0.3 is 14.8 Å². The summed E-state index contributed by atoms with van der Waals surface area (Å²) in [6.07, 6.45) is 0.0177. The van der Waals surface area contributed by atoms with Gasteiger partial charge in [0.15, 0.2) is 0 Å². The van der Waals surface area contributed by atoms with E-state index < -0.39 is 6.61 Å². The fourth-order valence-electron chi connectivity index (χ4n) is 3.26. The summed E-state index contributed by atoms with van der Waals surface area (Å²) < 4.78 is 34.4. The quantitative estimate of drug-likeness (QED) is 0.654. The number of hydrogen-bond donors (Lipinski definition) is 1. The largest absolute Gasteiger partial charge is 0.435 e. The first-order valence-corrected chi connectivity index (χ1v) is 9.64. The first-order valence-electron chi connectivity index (χ1n) is 9.64. The van der Waals surface area contributed by atoms with Crippen LogP contribution in [0.2, 0.25) is 0 Å². The molecule has 1 N–H and O–H groups in total. The second-order valence-electron chi connectivity index (χ2n) is 7.65. The molecule has 1 saturated heterocycles. The molecular formula is C20H31F2N3O3. The number of halogens is 2. The average molecular weight is 399 g/mol. The fourth-order valence-corrected chi connectivity index (χ4v) is 3.26. The van der Waals surface area contributed by atoms with Crippen LogP contribution in [0, 0.1) is 5.92 Å². The monoisotopic (exact) mass is 399 g/mol. The number of rotatable bonds is 10. The van der Waals surface area contributed by atoms with Gasteiger partial charge in [0, 0.05) is 32.7 Å². The van der Waals surface area contributed by atoms with Crippen LogP contribution in [0.4, 0.5) is 8.78 Å². The van der Waals surface area contributed by atoms with Crippen LogP contribution < -0.4 is 10.1 Å². The molecule has 1 atom stereocenters. The normalized spacial score (nSPS) is 18.1. The number of amides is 1. The topological polar surface area (TPSA) is 54.0 Å². The van der Waals surface area contributed by atoms with E-state index in [0.717, 1.165) is 25.2 Å². The Hall–Kier alpha value is -1.77. The van der Waals surface area contributed by atoms with Crippen molar-refractivity contribution in [1.82, 2.24) is 15.1 Å². The van der Waals surface area contributed by atoms with E-state index in [1.807, 2.05) is 11.9 Å². The maximum atomic E-state index is 12.2. The molecule has 1 aliphatic heterocycles. The van der Waals surface area contributed by atoms with Gasteiger partial charge in [-0.3, -0.25) is 14.6 Å². The third-order valence-electron chi connectivity index (χ3n) is 4.39. The van der Waals surface area contributed by atoms with E-state index in [1.165, 1.54) is 12.1 Å². The summed E-state index contributed by atoms with van der Waals surface area (Å²) in [5.41, 5.74) is 0.914. The molecule has 8 heteroatoms. The number of hydrogen-bond acceptors (Lipinski definition) is 5. The van der Waals surface area contributed by atoms with Gasteiger partial charge in [0.1, 0.15) is 5.75 Å². The lowest BCUT2D eigenvalue weighted by Gasteiger charge is -2.34. The number of benzene rings is 1. The van der Waals surface area contributed by atoms with Crippen LogP contribution in [-0.2, 0) is 16.1 Å². The molecule has 1 heterocycles. The summed E-state index contributed by atoms with van der Waals surface area (Å²) in [7, 11) is 1.84. The van der Waals surface area contributed by atoms with Gasteiger partial charge in [-0.2, -0.15) is 8.78 Å². The highest BCUT2D eigenvalue weighted by Crippen LogP contribution is 2.15. The molecule has 1 fully saturated rings. The molecule has 158 valence electrons. The Morgan fingerprint density at radius 3 is 2.71 bits per heavy atom. The zero-order valence-corrected chi connectivity index (χ0v) is 16.9. The minimum Gasteiger partial charge on any atom is -0.435 e. The van der Waals surface area contributed by atoms with Crippen molar-refractivity contribution in [3.05, 3.63) is 29.8 Å². The third kappa shape index (κ3) is 8.50. The molecule has 1 aromatic rings. The van der Waals surface area contributed by atoms with E-state index >= 15 is 0 Å².